The number of carbonyl (C=O) groups is 2. The van der Waals surface area contributed by atoms with Gasteiger partial charge in [0.2, 0.25) is 0 Å². The molecule has 2 N–H and O–H groups in total. The van der Waals surface area contributed by atoms with Crippen molar-refractivity contribution in [3.05, 3.63) is 46.3 Å². The number of nitrogens with zero attached hydrogens (tertiary/aromatic N) is 3. The third-order valence-corrected chi connectivity index (χ3v) is 4.10. The zero-order chi connectivity index (χ0) is 19.7. The number of esters is 1. The molecule has 1 aromatic heterocycles. The Balaban J connectivity index is 2.30. The predicted molar refractivity (Wildman–Crippen MR) is 91.9 cm³/mol. The van der Waals surface area contributed by atoms with Crippen LogP contribution >= 0.6 is 0 Å². The first kappa shape index (κ1) is 18.1. The number of carboxylic acid groups (broad SMARTS) is 1. The van der Waals surface area contributed by atoms with Gasteiger partial charge >= 0.3 is 11.9 Å². The molecule has 0 radical (unpaired) electrons. The number of aromatic nitrogens is 2. The molecule has 9 heteroatoms. The molecule has 0 saturated heterocycles. The summed E-state index contributed by atoms with van der Waals surface area (Å²) in [5, 5.41) is 29.5. The molecule has 9 nitrogen and oxygen atoms in total. The third kappa shape index (κ3) is 3.13. The number of aliphatic carboxylic acids is 1. The molecule has 1 aromatic carbocycles. The van der Waals surface area contributed by atoms with Crippen molar-refractivity contribution in [3.8, 4) is 6.07 Å². The van der Waals surface area contributed by atoms with Gasteiger partial charge in [-0.05, 0) is 42.7 Å². The fraction of sp³-hybridized carbons (Fsp3) is 0.278. The van der Waals surface area contributed by atoms with Crippen LogP contribution < -0.4 is 5.32 Å². The van der Waals surface area contributed by atoms with Gasteiger partial charge in [-0.25, -0.2) is 14.2 Å². The largest absolute Gasteiger partial charge is 0.478 e. The Morgan fingerprint density at radius 3 is 2.70 bits per heavy atom. The van der Waals surface area contributed by atoms with Gasteiger partial charge < -0.3 is 15.2 Å². The van der Waals surface area contributed by atoms with E-state index in [0.717, 1.165) is 0 Å². The quantitative estimate of drug-likeness (QED) is 0.776. The molecule has 2 aromatic rings. The molecular formula is C18H16N4O5. The van der Waals surface area contributed by atoms with Gasteiger partial charge in [0.05, 0.1) is 23.2 Å². The Labute approximate surface area is 153 Å². The molecule has 27 heavy (non-hydrogen) atoms. The summed E-state index contributed by atoms with van der Waals surface area (Å²) >= 11 is 0. The van der Waals surface area contributed by atoms with E-state index in [1.807, 2.05) is 6.07 Å². The highest BCUT2D eigenvalue weighted by molar-refractivity contribution is 6.01. The van der Waals surface area contributed by atoms with E-state index in [1.54, 1.807) is 39.0 Å². The lowest BCUT2D eigenvalue weighted by Gasteiger charge is -2.28. The van der Waals surface area contributed by atoms with Gasteiger partial charge in [0.15, 0.2) is 0 Å². The first-order valence-electron chi connectivity index (χ1n) is 8.12. The summed E-state index contributed by atoms with van der Waals surface area (Å²) in [7, 11) is 0. The Morgan fingerprint density at radius 2 is 2.07 bits per heavy atom. The van der Waals surface area contributed by atoms with E-state index in [1.165, 1.54) is 0 Å². The lowest BCUT2D eigenvalue weighted by Crippen LogP contribution is -2.33. The van der Waals surface area contributed by atoms with E-state index < -0.39 is 24.0 Å². The number of benzene rings is 1. The van der Waals surface area contributed by atoms with E-state index in [-0.39, 0.29) is 16.8 Å². The average molecular weight is 368 g/mol. The zero-order valence-electron chi connectivity index (χ0n) is 14.8. The molecule has 0 spiro atoms. The number of fused-ring (bicyclic) bond motifs is 1. The maximum Gasteiger partial charge on any atom is 0.337 e. The second-order valence-corrected chi connectivity index (χ2v) is 6.24. The van der Waals surface area contributed by atoms with Crippen LogP contribution in [0, 0.1) is 11.3 Å². The van der Waals surface area contributed by atoms with Crippen LogP contribution in [-0.4, -0.2) is 33.5 Å². The maximum absolute atomic E-state index is 12.8. The molecule has 1 aliphatic heterocycles. The lowest BCUT2D eigenvalue weighted by atomic mass is 9.80. The molecule has 2 heterocycles. The SMILES string of the molecule is CC1=C(C(=O)OC(C)C)C(c2cccc3nonc23)C(C(=O)O)=C(C#N)N1. The van der Waals surface area contributed by atoms with E-state index in [9.17, 15) is 20.0 Å². The number of dihydropyridines is 1. The van der Waals surface area contributed by atoms with Gasteiger partial charge in [0.25, 0.3) is 0 Å². The van der Waals surface area contributed by atoms with Crippen LogP contribution in [0.5, 0.6) is 0 Å². The van der Waals surface area contributed by atoms with Crippen LogP contribution in [0.2, 0.25) is 0 Å². The van der Waals surface area contributed by atoms with Gasteiger partial charge in [0, 0.05) is 5.70 Å². The van der Waals surface area contributed by atoms with Crippen LogP contribution in [0.25, 0.3) is 11.0 Å². The molecule has 0 aliphatic carbocycles. The van der Waals surface area contributed by atoms with E-state index in [0.29, 0.717) is 22.3 Å². The van der Waals surface area contributed by atoms with Crippen molar-refractivity contribution in [2.75, 3.05) is 0 Å². The van der Waals surface area contributed by atoms with Crippen molar-refractivity contribution < 1.29 is 24.1 Å². The Bertz CT molecular complexity index is 1040. The summed E-state index contributed by atoms with van der Waals surface area (Å²) in [6, 6.07) is 6.77. The molecule has 3 rings (SSSR count). The van der Waals surface area contributed by atoms with Crippen molar-refractivity contribution in [2.45, 2.75) is 32.8 Å². The molecule has 0 amide bonds. The van der Waals surface area contributed by atoms with Crippen LogP contribution in [0.3, 0.4) is 0 Å². The molecule has 0 bridgehead atoms. The zero-order valence-corrected chi connectivity index (χ0v) is 14.8. The number of rotatable bonds is 4. The highest BCUT2D eigenvalue weighted by Crippen LogP contribution is 2.40. The molecule has 0 fully saturated rings. The summed E-state index contributed by atoms with van der Waals surface area (Å²) in [6.45, 7) is 4.97. The number of nitrogens with one attached hydrogen (secondary N) is 1. The Morgan fingerprint density at radius 1 is 1.33 bits per heavy atom. The molecule has 138 valence electrons. The summed E-state index contributed by atoms with van der Waals surface area (Å²) in [5.74, 6) is -3.08. The fourth-order valence-corrected chi connectivity index (χ4v) is 3.07. The molecule has 1 atom stereocenters. The average Bonchev–Trinajstić information content (AvgIpc) is 3.08. The van der Waals surface area contributed by atoms with E-state index >= 15 is 0 Å². The maximum atomic E-state index is 12.8. The Kier molecular flexibility index (Phi) is 4.64. The first-order chi connectivity index (χ1) is 12.8. The number of hydrogen-bond acceptors (Lipinski definition) is 8. The van der Waals surface area contributed by atoms with Gasteiger partial charge in [-0.15, -0.1) is 0 Å². The molecular weight excluding hydrogens is 352 g/mol. The third-order valence-electron chi connectivity index (χ3n) is 4.10. The highest BCUT2D eigenvalue weighted by atomic mass is 16.6. The fourth-order valence-electron chi connectivity index (χ4n) is 3.07. The number of carboxylic acids is 1. The summed E-state index contributed by atoms with van der Waals surface area (Å²) in [4.78, 5) is 24.8. The normalized spacial score (nSPS) is 17.1. The summed E-state index contributed by atoms with van der Waals surface area (Å²) in [5.41, 5.74) is 1.10. The van der Waals surface area contributed by atoms with Crippen LogP contribution in [-0.2, 0) is 14.3 Å². The van der Waals surface area contributed by atoms with Crippen molar-refractivity contribution in [3.63, 3.8) is 0 Å². The van der Waals surface area contributed by atoms with Gasteiger partial charge in [0.1, 0.15) is 22.8 Å². The second kappa shape index (κ2) is 6.92. The molecule has 1 aliphatic rings. The minimum atomic E-state index is -1.33. The van der Waals surface area contributed by atoms with Crippen molar-refractivity contribution >= 4 is 23.0 Å². The highest BCUT2D eigenvalue weighted by Gasteiger charge is 2.40. The van der Waals surface area contributed by atoms with Crippen molar-refractivity contribution in [2.24, 2.45) is 0 Å². The summed E-state index contributed by atoms with van der Waals surface area (Å²) < 4.78 is 10.1. The predicted octanol–water partition coefficient (Wildman–Crippen LogP) is 2.00. The first-order valence-corrected chi connectivity index (χ1v) is 8.12. The van der Waals surface area contributed by atoms with Crippen molar-refractivity contribution in [1.29, 1.82) is 5.26 Å². The number of ether oxygens (including phenoxy) is 1. The van der Waals surface area contributed by atoms with Gasteiger partial charge in [-0.2, -0.15) is 5.26 Å². The standard InChI is InChI=1S/C18H16N4O5/c1-8(2)26-18(25)13-9(3)20-12(7-19)15(17(23)24)14(13)10-5-4-6-11-16(10)22-27-21-11/h4-6,8,14,20H,1-3H3,(H,23,24). The number of hydrogen-bond donors (Lipinski definition) is 2. The molecule has 0 saturated carbocycles. The van der Waals surface area contributed by atoms with Gasteiger partial charge in [-0.3, -0.25) is 0 Å². The van der Waals surface area contributed by atoms with Crippen LogP contribution in [0.4, 0.5) is 0 Å². The van der Waals surface area contributed by atoms with E-state index in [4.69, 9.17) is 9.37 Å². The Hall–Kier alpha value is -3.67. The minimum absolute atomic E-state index is 0.0931. The number of nitriles is 1. The lowest BCUT2D eigenvalue weighted by molar-refractivity contribution is -0.143. The van der Waals surface area contributed by atoms with Crippen molar-refractivity contribution in [1.82, 2.24) is 15.6 Å². The second-order valence-electron chi connectivity index (χ2n) is 6.24. The minimum Gasteiger partial charge on any atom is -0.478 e. The van der Waals surface area contributed by atoms with Gasteiger partial charge in [-0.1, -0.05) is 12.1 Å². The topological polar surface area (TPSA) is 138 Å². The number of allylic oxidation sites excluding steroid dienone is 2. The monoisotopic (exact) mass is 368 g/mol. The van der Waals surface area contributed by atoms with Crippen LogP contribution in [0.15, 0.2) is 45.4 Å². The smallest absolute Gasteiger partial charge is 0.337 e. The summed E-state index contributed by atoms with van der Waals surface area (Å²) in [6.07, 6.45) is -0.405. The van der Waals surface area contributed by atoms with Crippen LogP contribution in [0.1, 0.15) is 32.3 Å². The molecule has 1 unspecified atom stereocenters. The number of carbonyl (C=O) groups excluding carboxylic acids is 1. The van der Waals surface area contributed by atoms with E-state index in [2.05, 4.69) is 15.6 Å².